The van der Waals surface area contributed by atoms with Gasteiger partial charge in [0.2, 0.25) is 0 Å². The highest BCUT2D eigenvalue weighted by atomic mass is 19.3. The van der Waals surface area contributed by atoms with Gasteiger partial charge in [-0.25, -0.2) is 8.78 Å². The molecule has 2 aromatic rings. The number of nitrogens with zero attached hydrogens (tertiary/aromatic N) is 1. The maximum atomic E-state index is 12.1. The minimum atomic E-state index is -2.53. The van der Waals surface area contributed by atoms with Crippen LogP contribution >= 0.6 is 0 Å². The first-order chi connectivity index (χ1) is 10.6. The molecule has 0 amide bonds. The first-order valence-corrected chi connectivity index (χ1v) is 6.53. The normalized spacial score (nSPS) is 10.5. The monoisotopic (exact) mass is 308 g/mol. The Balaban J connectivity index is 2.03. The number of rotatable bonds is 7. The Kier molecular flexibility index (Phi) is 5.24. The lowest BCUT2D eigenvalue weighted by molar-refractivity contribution is -0.384. The number of para-hydroxylation sites is 2. The van der Waals surface area contributed by atoms with Crippen molar-refractivity contribution in [1.29, 1.82) is 0 Å². The largest absolute Gasteiger partial charge is 0.488 e. The predicted octanol–water partition coefficient (Wildman–Crippen LogP) is 3.85. The molecule has 0 radical (unpaired) electrons. The summed E-state index contributed by atoms with van der Waals surface area (Å²) >= 11 is 0. The Morgan fingerprint density at radius 2 is 1.95 bits per heavy atom. The SMILES string of the molecule is O=[N+]([O-])c1ccccc1NCc1cccc(OCC(F)F)c1. The van der Waals surface area contributed by atoms with E-state index in [-0.39, 0.29) is 5.69 Å². The summed E-state index contributed by atoms with van der Waals surface area (Å²) in [5.74, 6) is 0.335. The van der Waals surface area contributed by atoms with Crippen LogP contribution in [0.2, 0.25) is 0 Å². The van der Waals surface area contributed by atoms with Crippen LogP contribution in [0.25, 0.3) is 0 Å². The Hall–Kier alpha value is -2.70. The molecule has 0 aliphatic heterocycles. The van der Waals surface area contributed by atoms with Crippen molar-refractivity contribution in [3.8, 4) is 5.75 Å². The van der Waals surface area contributed by atoms with E-state index in [1.54, 1.807) is 42.5 Å². The van der Waals surface area contributed by atoms with E-state index < -0.39 is 18.0 Å². The number of nitro benzene ring substituents is 1. The van der Waals surface area contributed by atoms with Crippen LogP contribution in [-0.2, 0) is 6.54 Å². The van der Waals surface area contributed by atoms with Crippen LogP contribution in [0.15, 0.2) is 48.5 Å². The molecule has 0 spiro atoms. The van der Waals surface area contributed by atoms with Gasteiger partial charge in [0, 0.05) is 12.6 Å². The Bertz CT molecular complexity index is 650. The average Bonchev–Trinajstić information content (AvgIpc) is 2.51. The zero-order valence-corrected chi connectivity index (χ0v) is 11.5. The van der Waals surface area contributed by atoms with Crippen LogP contribution in [0.4, 0.5) is 20.2 Å². The van der Waals surface area contributed by atoms with E-state index in [0.717, 1.165) is 5.56 Å². The van der Waals surface area contributed by atoms with Crippen molar-refractivity contribution in [1.82, 2.24) is 0 Å². The second kappa shape index (κ2) is 7.35. The number of halogens is 2. The van der Waals surface area contributed by atoms with Crippen LogP contribution in [0.1, 0.15) is 5.56 Å². The topological polar surface area (TPSA) is 64.4 Å². The third-order valence-electron chi connectivity index (χ3n) is 2.86. The van der Waals surface area contributed by atoms with E-state index in [1.807, 2.05) is 0 Å². The van der Waals surface area contributed by atoms with Crippen LogP contribution in [-0.4, -0.2) is 18.0 Å². The molecule has 1 N–H and O–H groups in total. The summed E-state index contributed by atoms with van der Waals surface area (Å²) in [4.78, 5) is 10.4. The number of anilines is 1. The first-order valence-electron chi connectivity index (χ1n) is 6.53. The van der Waals surface area contributed by atoms with Gasteiger partial charge in [0.1, 0.15) is 18.0 Å². The smallest absolute Gasteiger partial charge is 0.292 e. The molecule has 5 nitrogen and oxygen atoms in total. The highest BCUT2D eigenvalue weighted by Gasteiger charge is 2.11. The van der Waals surface area contributed by atoms with Gasteiger partial charge in [-0.15, -0.1) is 0 Å². The number of hydrogen-bond acceptors (Lipinski definition) is 4. The lowest BCUT2D eigenvalue weighted by atomic mass is 10.2. The molecule has 7 heteroatoms. The van der Waals surface area contributed by atoms with Crippen molar-refractivity contribution in [2.24, 2.45) is 0 Å². The van der Waals surface area contributed by atoms with Gasteiger partial charge in [-0.1, -0.05) is 24.3 Å². The Morgan fingerprint density at radius 1 is 1.18 bits per heavy atom. The van der Waals surface area contributed by atoms with Crippen molar-refractivity contribution in [3.63, 3.8) is 0 Å². The zero-order chi connectivity index (χ0) is 15.9. The number of nitrogens with one attached hydrogen (secondary N) is 1. The highest BCUT2D eigenvalue weighted by molar-refractivity contribution is 5.61. The summed E-state index contributed by atoms with van der Waals surface area (Å²) in [7, 11) is 0. The molecule has 2 rings (SSSR count). The molecule has 0 aliphatic rings. The Morgan fingerprint density at radius 3 is 2.68 bits per heavy atom. The van der Waals surface area contributed by atoms with E-state index in [1.165, 1.54) is 6.07 Å². The molecular formula is C15H14F2N2O3. The molecule has 22 heavy (non-hydrogen) atoms. The van der Waals surface area contributed by atoms with E-state index in [4.69, 9.17) is 4.74 Å². The van der Waals surface area contributed by atoms with Crippen LogP contribution in [0.3, 0.4) is 0 Å². The number of hydrogen-bond donors (Lipinski definition) is 1. The molecule has 0 saturated heterocycles. The van der Waals surface area contributed by atoms with Gasteiger partial charge in [-0.2, -0.15) is 0 Å². The number of nitro groups is 1. The molecule has 0 saturated carbocycles. The van der Waals surface area contributed by atoms with Gasteiger partial charge in [0.25, 0.3) is 12.1 Å². The maximum Gasteiger partial charge on any atom is 0.292 e. The van der Waals surface area contributed by atoms with Gasteiger partial charge in [-0.3, -0.25) is 10.1 Å². The van der Waals surface area contributed by atoms with Crippen molar-refractivity contribution in [2.75, 3.05) is 11.9 Å². The van der Waals surface area contributed by atoms with E-state index >= 15 is 0 Å². The predicted molar refractivity (Wildman–Crippen MR) is 78.4 cm³/mol. The molecule has 0 fully saturated rings. The summed E-state index contributed by atoms with van der Waals surface area (Å²) in [5, 5.41) is 13.9. The molecule has 2 aromatic carbocycles. The average molecular weight is 308 g/mol. The summed E-state index contributed by atoms with van der Waals surface area (Å²) in [6.45, 7) is -0.349. The van der Waals surface area contributed by atoms with Gasteiger partial charge in [0.05, 0.1) is 4.92 Å². The minimum Gasteiger partial charge on any atom is -0.488 e. The fraction of sp³-hybridized carbons (Fsp3) is 0.200. The lowest BCUT2D eigenvalue weighted by Crippen LogP contribution is -2.07. The molecule has 0 aromatic heterocycles. The zero-order valence-electron chi connectivity index (χ0n) is 11.5. The standard InChI is InChI=1S/C15H14F2N2O3/c16-15(17)10-22-12-5-3-4-11(8-12)9-18-13-6-1-2-7-14(13)19(20)21/h1-8,15,18H,9-10H2. The molecular weight excluding hydrogens is 294 g/mol. The highest BCUT2D eigenvalue weighted by Crippen LogP contribution is 2.24. The maximum absolute atomic E-state index is 12.1. The van der Waals surface area contributed by atoms with E-state index in [9.17, 15) is 18.9 Å². The van der Waals surface area contributed by atoms with Gasteiger partial charge in [0.15, 0.2) is 0 Å². The molecule has 0 unspecified atom stereocenters. The molecule has 0 atom stereocenters. The summed E-state index contributed by atoms with van der Waals surface area (Å²) in [6.07, 6.45) is -2.53. The van der Waals surface area contributed by atoms with Crippen molar-refractivity contribution in [3.05, 3.63) is 64.2 Å². The second-order valence-electron chi connectivity index (χ2n) is 4.48. The third kappa shape index (κ3) is 4.41. The molecule has 0 heterocycles. The minimum absolute atomic E-state index is 0.0207. The summed E-state index contributed by atoms with van der Waals surface area (Å²) in [5.41, 5.74) is 1.14. The van der Waals surface area contributed by atoms with Crippen molar-refractivity contribution < 1.29 is 18.4 Å². The van der Waals surface area contributed by atoms with E-state index in [0.29, 0.717) is 18.0 Å². The van der Waals surface area contributed by atoms with Crippen LogP contribution < -0.4 is 10.1 Å². The quantitative estimate of drug-likeness (QED) is 0.623. The summed E-state index contributed by atoms with van der Waals surface area (Å²) < 4.78 is 29.2. The summed E-state index contributed by atoms with van der Waals surface area (Å²) in [6, 6.07) is 12.9. The van der Waals surface area contributed by atoms with Gasteiger partial charge in [-0.05, 0) is 23.8 Å². The van der Waals surface area contributed by atoms with E-state index in [2.05, 4.69) is 5.32 Å². The van der Waals surface area contributed by atoms with Gasteiger partial charge >= 0.3 is 0 Å². The van der Waals surface area contributed by atoms with Crippen molar-refractivity contribution in [2.45, 2.75) is 13.0 Å². The number of ether oxygens (including phenoxy) is 1. The fourth-order valence-corrected chi connectivity index (χ4v) is 1.88. The lowest BCUT2D eigenvalue weighted by Gasteiger charge is -2.09. The van der Waals surface area contributed by atoms with Crippen LogP contribution in [0.5, 0.6) is 5.75 Å². The third-order valence-corrected chi connectivity index (χ3v) is 2.86. The fourth-order valence-electron chi connectivity index (χ4n) is 1.88. The molecule has 0 bridgehead atoms. The number of benzene rings is 2. The second-order valence-corrected chi connectivity index (χ2v) is 4.48. The number of alkyl halides is 2. The molecule has 116 valence electrons. The van der Waals surface area contributed by atoms with Crippen molar-refractivity contribution >= 4 is 11.4 Å². The molecule has 0 aliphatic carbocycles. The Labute approximate surface area is 125 Å². The first kappa shape index (κ1) is 15.7. The van der Waals surface area contributed by atoms with Crippen LogP contribution in [0, 0.1) is 10.1 Å². The van der Waals surface area contributed by atoms with Gasteiger partial charge < -0.3 is 10.1 Å².